The van der Waals surface area contributed by atoms with Crippen molar-refractivity contribution >= 4 is 0 Å². The van der Waals surface area contributed by atoms with E-state index in [0.29, 0.717) is 11.3 Å². The van der Waals surface area contributed by atoms with E-state index in [1.165, 1.54) is 32.1 Å². The van der Waals surface area contributed by atoms with Crippen molar-refractivity contribution in [3.63, 3.8) is 0 Å². The molecule has 1 rings (SSSR count). The molecule has 0 bridgehead atoms. The van der Waals surface area contributed by atoms with Gasteiger partial charge in [-0.3, -0.25) is 0 Å². The van der Waals surface area contributed by atoms with E-state index < -0.39 is 0 Å². The molecule has 0 aromatic heterocycles. The highest BCUT2D eigenvalue weighted by molar-refractivity contribution is 4.83. The number of aliphatic hydroxyl groups is 1. The zero-order valence-electron chi connectivity index (χ0n) is 10.9. The van der Waals surface area contributed by atoms with Gasteiger partial charge in [0.25, 0.3) is 0 Å². The lowest BCUT2D eigenvalue weighted by atomic mass is 9.68. The molecule has 1 heteroatoms. The number of aliphatic hydroxyl groups excluding tert-OH is 1. The first-order valence-electron chi connectivity index (χ1n) is 6.61. The maximum absolute atomic E-state index is 9.99. The molecule has 15 heavy (non-hydrogen) atoms. The van der Waals surface area contributed by atoms with Gasteiger partial charge in [-0.15, -0.1) is 0 Å². The van der Waals surface area contributed by atoms with Crippen molar-refractivity contribution in [2.24, 2.45) is 17.3 Å². The van der Waals surface area contributed by atoms with E-state index in [1.54, 1.807) is 0 Å². The summed E-state index contributed by atoms with van der Waals surface area (Å²) in [4.78, 5) is 0. The Kier molecular flexibility index (Phi) is 4.64. The first-order chi connectivity index (χ1) is 6.93. The molecule has 0 heterocycles. The largest absolute Gasteiger partial charge is 0.393 e. The summed E-state index contributed by atoms with van der Waals surface area (Å²) in [6.45, 7) is 8.91. The molecule has 0 aliphatic heterocycles. The molecule has 1 nitrogen and oxygen atoms in total. The summed E-state index contributed by atoms with van der Waals surface area (Å²) < 4.78 is 0. The van der Waals surface area contributed by atoms with E-state index in [2.05, 4.69) is 27.7 Å². The van der Waals surface area contributed by atoms with Crippen LogP contribution in [0, 0.1) is 17.3 Å². The van der Waals surface area contributed by atoms with Crippen molar-refractivity contribution in [2.45, 2.75) is 72.3 Å². The fourth-order valence-electron chi connectivity index (χ4n) is 2.83. The fourth-order valence-corrected chi connectivity index (χ4v) is 2.83. The van der Waals surface area contributed by atoms with E-state index in [9.17, 15) is 5.11 Å². The Labute approximate surface area is 95.3 Å². The van der Waals surface area contributed by atoms with Crippen LogP contribution in [0.2, 0.25) is 0 Å². The molecule has 90 valence electrons. The predicted molar refractivity (Wildman–Crippen MR) is 65.8 cm³/mol. The molecule has 1 atom stereocenters. The molecule has 1 saturated carbocycles. The average molecular weight is 212 g/mol. The average Bonchev–Trinajstić information content (AvgIpc) is 2.18. The van der Waals surface area contributed by atoms with E-state index >= 15 is 0 Å². The molecule has 1 aliphatic rings. The minimum atomic E-state index is -0.123. The molecule has 0 spiro atoms. The molecule has 1 N–H and O–H groups in total. The Balaban J connectivity index is 2.48. The van der Waals surface area contributed by atoms with Crippen LogP contribution < -0.4 is 0 Å². The van der Waals surface area contributed by atoms with Crippen molar-refractivity contribution in [1.29, 1.82) is 0 Å². The molecule has 0 unspecified atom stereocenters. The number of rotatable bonds is 4. The summed E-state index contributed by atoms with van der Waals surface area (Å²) in [5.74, 6) is 1.23. The summed E-state index contributed by atoms with van der Waals surface area (Å²) in [5, 5.41) is 9.99. The van der Waals surface area contributed by atoms with Crippen LogP contribution in [0.1, 0.15) is 66.2 Å². The minimum Gasteiger partial charge on any atom is -0.393 e. The van der Waals surface area contributed by atoms with Gasteiger partial charge in [0.2, 0.25) is 0 Å². The third-order valence-electron chi connectivity index (χ3n) is 4.22. The molecule has 0 aromatic carbocycles. The van der Waals surface area contributed by atoms with E-state index in [4.69, 9.17) is 0 Å². The van der Waals surface area contributed by atoms with Crippen LogP contribution in [0.3, 0.4) is 0 Å². The standard InChI is InChI=1S/C14H28O/c1-11(2)13(15)10-14(3,4)12-8-6-5-7-9-12/h11-13,15H,5-10H2,1-4H3/t13-/m1/s1. The zero-order valence-corrected chi connectivity index (χ0v) is 10.9. The van der Waals surface area contributed by atoms with Crippen molar-refractivity contribution < 1.29 is 5.11 Å². The first kappa shape index (κ1) is 13.0. The third-order valence-corrected chi connectivity index (χ3v) is 4.22. The molecule has 0 aromatic rings. The van der Waals surface area contributed by atoms with Crippen LogP contribution in [0.4, 0.5) is 0 Å². The summed E-state index contributed by atoms with van der Waals surface area (Å²) in [6.07, 6.45) is 7.80. The van der Waals surface area contributed by atoms with Gasteiger partial charge in [-0.2, -0.15) is 0 Å². The topological polar surface area (TPSA) is 20.2 Å². The Morgan fingerprint density at radius 2 is 1.67 bits per heavy atom. The van der Waals surface area contributed by atoms with Gasteiger partial charge in [-0.05, 0) is 36.5 Å². The normalized spacial score (nSPS) is 22.0. The van der Waals surface area contributed by atoms with E-state index in [-0.39, 0.29) is 6.10 Å². The molecule has 1 aliphatic carbocycles. The number of hydrogen-bond donors (Lipinski definition) is 1. The molecule has 0 radical (unpaired) electrons. The maximum Gasteiger partial charge on any atom is 0.0568 e. The second-order valence-corrected chi connectivity index (χ2v) is 6.34. The minimum absolute atomic E-state index is 0.123. The van der Waals surface area contributed by atoms with Crippen LogP contribution in [-0.4, -0.2) is 11.2 Å². The van der Waals surface area contributed by atoms with E-state index in [1.807, 2.05) is 0 Å². The van der Waals surface area contributed by atoms with Gasteiger partial charge in [0.1, 0.15) is 0 Å². The van der Waals surface area contributed by atoms with Crippen molar-refractivity contribution in [1.82, 2.24) is 0 Å². The Morgan fingerprint density at radius 1 is 1.13 bits per heavy atom. The molecule has 0 amide bonds. The van der Waals surface area contributed by atoms with Gasteiger partial charge < -0.3 is 5.11 Å². The SMILES string of the molecule is CC(C)[C@H](O)CC(C)(C)C1CCCCC1. The van der Waals surface area contributed by atoms with Gasteiger partial charge in [0.15, 0.2) is 0 Å². The van der Waals surface area contributed by atoms with Crippen LogP contribution in [0.25, 0.3) is 0 Å². The fraction of sp³-hybridized carbons (Fsp3) is 1.00. The Hall–Kier alpha value is -0.0400. The molecular weight excluding hydrogens is 184 g/mol. The second kappa shape index (κ2) is 5.34. The lowest BCUT2D eigenvalue weighted by Crippen LogP contribution is -2.32. The molecular formula is C14H28O. The summed E-state index contributed by atoms with van der Waals surface area (Å²) in [6, 6.07) is 0. The summed E-state index contributed by atoms with van der Waals surface area (Å²) in [5.41, 5.74) is 0.324. The lowest BCUT2D eigenvalue weighted by molar-refractivity contribution is 0.0379. The second-order valence-electron chi connectivity index (χ2n) is 6.34. The monoisotopic (exact) mass is 212 g/mol. The predicted octanol–water partition coefficient (Wildman–Crippen LogP) is 4.00. The van der Waals surface area contributed by atoms with Gasteiger partial charge in [-0.1, -0.05) is 47.0 Å². The van der Waals surface area contributed by atoms with Crippen molar-refractivity contribution in [3.05, 3.63) is 0 Å². The van der Waals surface area contributed by atoms with Crippen LogP contribution in [-0.2, 0) is 0 Å². The molecule has 0 saturated heterocycles. The van der Waals surface area contributed by atoms with Gasteiger partial charge in [0, 0.05) is 0 Å². The Bertz CT molecular complexity index is 178. The highest BCUT2D eigenvalue weighted by atomic mass is 16.3. The maximum atomic E-state index is 9.99. The Morgan fingerprint density at radius 3 is 2.13 bits per heavy atom. The summed E-state index contributed by atoms with van der Waals surface area (Å²) in [7, 11) is 0. The van der Waals surface area contributed by atoms with Crippen LogP contribution in [0.15, 0.2) is 0 Å². The highest BCUT2D eigenvalue weighted by Gasteiger charge is 2.32. The number of hydrogen-bond acceptors (Lipinski definition) is 1. The van der Waals surface area contributed by atoms with Gasteiger partial charge in [-0.25, -0.2) is 0 Å². The van der Waals surface area contributed by atoms with Gasteiger partial charge in [0.05, 0.1) is 6.10 Å². The summed E-state index contributed by atoms with van der Waals surface area (Å²) >= 11 is 0. The van der Waals surface area contributed by atoms with Crippen molar-refractivity contribution in [3.8, 4) is 0 Å². The lowest BCUT2D eigenvalue weighted by Gasteiger charge is -2.39. The van der Waals surface area contributed by atoms with Gasteiger partial charge >= 0.3 is 0 Å². The van der Waals surface area contributed by atoms with Crippen molar-refractivity contribution in [2.75, 3.05) is 0 Å². The third kappa shape index (κ3) is 3.79. The highest BCUT2D eigenvalue weighted by Crippen LogP contribution is 2.41. The van der Waals surface area contributed by atoms with E-state index in [0.717, 1.165) is 12.3 Å². The first-order valence-corrected chi connectivity index (χ1v) is 6.61. The van der Waals surface area contributed by atoms with Crippen LogP contribution in [0.5, 0.6) is 0 Å². The quantitative estimate of drug-likeness (QED) is 0.747. The zero-order chi connectivity index (χ0) is 11.5. The van der Waals surface area contributed by atoms with Crippen LogP contribution >= 0.6 is 0 Å². The molecule has 1 fully saturated rings. The smallest absolute Gasteiger partial charge is 0.0568 e.